The van der Waals surface area contributed by atoms with Crippen LogP contribution in [0.25, 0.3) is 0 Å². The summed E-state index contributed by atoms with van der Waals surface area (Å²) in [6, 6.07) is 5.26. The lowest BCUT2D eigenvalue weighted by Crippen LogP contribution is -2.34. The molecule has 1 aromatic rings. The molecule has 8 heteroatoms. The first-order chi connectivity index (χ1) is 14.4. The molecule has 5 amide bonds. The Balaban J connectivity index is 1.29. The molecular weight excluding hydrogens is 384 g/mol. The number of allylic oxidation sites excluding steroid dienone is 2. The molecule has 8 nitrogen and oxygen atoms in total. The molecule has 4 rings (SSSR count). The van der Waals surface area contributed by atoms with Crippen LogP contribution in [0.1, 0.15) is 32.6 Å². The van der Waals surface area contributed by atoms with Gasteiger partial charge in [0, 0.05) is 25.6 Å². The lowest BCUT2D eigenvalue weighted by Gasteiger charge is -2.18. The molecule has 158 valence electrons. The van der Waals surface area contributed by atoms with Gasteiger partial charge in [0.05, 0.1) is 5.69 Å². The Morgan fingerprint density at radius 3 is 2.73 bits per heavy atom. The number of nitrogens with one attached hydrogen (secondary N) is 3. The number of imide groups is 1. The second-order valence-electron chi connectivity index (χ2n) is 8.29. The van der Waals surface area contributed by atoms with Crippen LogP contribution < -0.4 is 20.9 Å². The first kappa shape index (κ1) is 20.1. The predicted octanol–water partition coefficient (Wildman–Crippen LogP) is 2.18. The average Bonchev–Trinajstić information content (AvgIpc) is 3.39. The summed E-state index contributed by atoms with van der Waals surface area (Å²) in [6.07, 6.45) is 7.28. The normalized spacial score (nSPS) is 26.8. The predicted molar refractivity (Wildman–Crippen MR) is 112 cm³/mol. The van der Waals surface area contributed by atoms with Crippen LogP contribution in [0.15, 0.2) is 36.4 Å². The van der Waals surface area contributed by atoms with Crippen molar-refractivity contribution < 1.29 is 19.2 Å². The Morgan fingerprint density at radius 2 is 2.03 bits per heavy atom. The van der Waals surface area contributed by atoms with E-state index in [-0.39, 0.29) is 24.7 Å². The van der Waals surface area contributed by atoms with Crippen molar-refractivity contribution in [1.29, 1.82) is 0 Å². The van der Waals surface area contributed by atoms with Crippen LogP contribution in [0.4, 0.5) is 16.2 Å². The number of carbonyl (C=O) groups is 4. The Bertz CT molecular complexity index is 912. The van der Waals surface area contributed by atoms with Gasteiger partial charge in [-0.1, -0.05) is 18.2 Å². The van der Waals surface area contributed by atoms with Gasteiger partial charge in [-0.2, -0.15) is 0 Å². The van der Waals surface area contributed by atoms with Gasteiger partial charge in [0.1, 0.15) is 6.04 Å². The molecule has 0 radical (unpaired) electrons. The zero-order valence-electron chi connectivity index (χ0n) is 16.9. The Labute approximate surface area is 175 Å². The third-order valence-corrected chi connectivity index (χ3v) is 6.08. The molecule has 4 atom stereocenters. The highest BCUT2D eigenvalue weighted by atomic mass is 16.2. The monoisotopic (exact) mass is 410 g/mol. The summed E-state index contributed by atoms with van der Waals surface area (Å²) in [5.41, 5.74) is 0.874. The van der Waals surface area contributed by atoms with Gasteiger partial charge in [-0.05, 0) is 55.2 Å². The van der Waals surface area contributed by atoms with E-state index < -0.39 is 18.0 Å². The number of anilines is 2. The molecule has 1 saturated heterocycles. The largest absolute Gasteiger partial charge is 0.356 e. The van der Waals surface area contributed by atoms with Gasteiger partial charge in [-0.3, -0.25) is 14.4 Å². The van der Waals surface area contributed by atoms with Crippen LogP contribution in [-0.2, 0) is 14.4 Å². The molecule has 0 spiro atoms. The summed E-state index contributed by atoms with van der Waals surface area (Å²) in [5, 5.41) is 8.26. The van der Waals surface area contributed by atoms with E-state index in [1.165, 1.54) is 13.3 Å². The van der Waals surface area contributed by atoms with Crippen molar-refractivity contribution in [1.82, 2.24) is 10.6 Å². The SMILES string of the molecule is CC(=O)Nc1cccc(N2C(=O)N[C@H](CCC(=O)NC[C@H]3C[C@H]4C=C[C@H]3C4)C2=O)c1. The van der Waals surface area contributed by atoms with Crippen LogP contribution >= 0.6 is 0 Å². The molecule has 0 unspecified atom stereocenters. The maximum Gasteiger partial charge on any atom is 0.329 e. The van der Waals surface area contributed by atoms with Gasteiger partial charge < -0.3 is 16.0 Å². The Morgan fingerprint density at radius 1 is 1.20 bits per heavy atom. The number of urea groups is 1. The van der Waals surface area contributed by atoms with Gasteiger partial charge >= 0.3 is 6.03 Å². The smallest absolute Gasteiger partial charge is 0.329 e. The Kier molecular flexibility index (Phi) is 5.57. The molecule has 1 aliphatic heterocycles. The van der Waals surface area contributed by atoms with E-state index in [1.807, 2.05) is 0 Å². The lowest BCUT2D eigenvalue weighted by atomic mass is 9.93. The highest BCUT2D eigenvalue weighted by molar-refractivity contribution is 6.21. The molecule has 2 bridgehead atoms. The number of benzene rings is 1. The molecule has 3 N–H and O–H groups in total. The highest BCUT2D eigenvalue weighted by Gasteiger charge is 2.39. The number of rotatable bonds is 7. The van der Waals surface area contributed by atoms with Crippen molar-refractivity contribution >= 4 is 35.1 Å². The summed E-state index contributed by atoms with van der Waals surface area (Å²) in [5.74, 6) is 1.00. The quantitative estimate of drug-likeness (QED) is 0.473. The van der Waals surface area contributed by atoms with Crippen molar-refractivity contribution in [2.45, 2.75) is 38.6 Å². The van der Waals surface area contributed by atoms with Crippen LogP contribution in [0.3, 0.4) is 0 Å². The van der Waals surface area contributed by atoms with E-state index in [0.717, 1.165) is 11.3 Å². The molecule has 3 aliphatic rings. The topological polar surface area (TPSA) is 108 Å². The maximum absolute atomic E-state index is 12.7. The zero-order valence-corrected chi connectivity index (χ0v) is 16.9. The minimum absolute atomic E-state index is 0.102. The fourth-order valence-electron chi connectivity index (χ4n) is 4.64. The van der Waals surface area contributed by atoms with Crippen molar-refractivity contribution in [2.24, 2.45) is 17.8 Å². The molecule has 1 saturated carbocycles. The second kappa shape index (κ2) is 8.30. The van der Waals surface area contributed by atoms with Crippen molar-refractivity contribution in [2.75, 3.05) is 16.8 Å². The highest BCUT2D eigenvalue weighted by Crippen LogP contribution is 2.42. The van der Waals surface area contributed by atoms with Gasteiger partial charge in [0.2, 0.25) is 11.8 Å². The average molecular weight is 410 g/mol. The van der Waals surface area contributed by atoms with Crippen LogP contribution in [0.5, 0.6) is 0 Å². The zero-order chi connectivity index (χ0) is 21.3. The van der Waals surface area contributed by atoms with Gasteiger partial charge in [-0.25, -0.2) is 9.69 Å². The van der Waals surface area contributed by atoms with E-state index in [9.17, 15) is 19.2 Å². The molecule has 2 aliphatic carbocycles. The summed E-state index contributed by atoms with van der Waals surface area (Å²) in [4.78, 5) is 49.6. The number of carbonyl (C=O) groups excluding carboxylic acids is 4. The number of amides is 5. The number of hydrogen-bond donors (Lipinski definition) is 3. The van der Waals surface area contributed by atoms with E-state index in [2.05, 4.69) is 28.1 Å². The third kappa shape index (κ3) is 4.22. The Hall–Kier alpha value is -3.16. The van der Waals surface area contributed by atoms with Crippen molar-refractivity contribution in [3.63, 3.8) is 0 Å². The summed E-state index contributed by atoms with van der Waals surface area (Å²) in [7, 11) is 0. The number of nitrogens with zero attached hydrogens (tertiary/aromatic N) is 1. The number of fused-ring (bicyclic) bond motifs is 2. The van der Waals surface area contributed by atoms with E-state index >= 15 is 0 Å². The van der Waals surface area contributed by atoms with E-state index in [0.29, 0.717) is 35.7 Å². The van der Waals surface area contributed by atoms with Crippen LogP contribution in [0.2, 0.25) is 0 Å². The molecule has 1 heterocycles. The molecule has 1 aromatic carbocycles. The standard InChI is InChI=1S/C22H26N4O4/c1-13(27)24-17-3-2-4-18(11-17)26-21(29)19(25-22(26)30)7-8-20(28)23-12-16-10-14-5-6-15(16)9-14/h2-6,11,14-16,19H,7-10,12H2,1H3,(H,23,28)(H,24,27)(H,25,30)/t14-,15-,16+,19+/m0/s1. The van der Waals surface area contributed by atoms with Gasteiger partial charge in [-0.15, -0.1) is 0 Å². The van der Waals surface area contributed by atoms with Crippen molar-refractivity contribution in [3.8, 4) is 0 Å². The van der Waals surface area contributed by atoms with E-state index in [4.69, 9.17) is 0 Å². The van der Waals surface area contributed by atoms with Gasteiger partial charge in [0.15, 0.2) is 0 Å². The molecule has 0 aromatic heterocycles. The third-order valence-electron chi connectivity index (χ3n) is 6.08. The lowest BCUT2D eigenvalue weighted by molar-refractivity contribution is -0.122. The van der Waals surface area contributed by atoms with Crippen molar-refractivity contribution in [3.05, 3.63) is 36.4 Å². The molecule has 2 fully saturated rings. The second-order valence-corrected chi connectivity index (χ2v) is 8.29. The van der Waals surface area contributed by atoms with Crippen LogP contribution in [0, 0.1) is 17.8 Å². The number of hydrogen-bond acceptors (Lipinski definition) is 4. The van der Waals surface area contributed by atoms with E-state index in [1.54, 1.807) is 24.3 Å². The first-order valence-electron chi connectivity index (χ1n) is 10.4. The minimum atomic E-state index is -0.738. The first-order valence-corrected chi connectivity index (χ1v) is 10.4. The van der Waals surface area contributed by atoms with Gasteiger partial charge in [0.25, 0.3) is 5.91 Å². The summed E-state index contributed by atoms with van der Waals surface area (Å²) >= 11 is 0. The molecular formula is C22H26N4O4. The maximum atomic E-state index is 12.7. The summed E-state index contributed by atoms with van der Waals surface area (Å²) < 4.78 is 0. The molecule has 30 heavy (non-hydrogen) atoms. The summed E-state index contributed by atoms with van der Waals surface area (Å²) in [6.45, 7) is 2.05. The fourth-order valence-corrected chi connectivity index (χ4v) is 4.64. The minimum Gasteiger partial charge on any atom is -0.356 e. The van der Waals surface area contributed by atoms with Crippen LogP contribution in [-0.4, -0.2) is 36.3 Å². The fraction of sp³-hybridized carbons (Fsp3) is 0.455.